The van der Waals surface area contributed by atoms with Gasteiger partial charge in [0.05, 0.1) is 0 Å². The Morgan fingerprint density at radius 2 is 2.24 bits per heavy atom. The van der Waals surface area contributed by atoms with Gasteiger partial charge in [-0.25, -0.2) is 0 Å². The summed E-state index contributed by atoms with van der Waals surface area (Å²) in [6.07, 6.45) is 9.48. The van der Waals surface area contributed by atoms with Gasteiger partial charge in [-0.15, -0.1) is 0 Å². The molecule has 1 fully saturated rings. The fourth-order valence-corrected chi connectivity index (χ4v) is 2.25. The van der Waals surface area contributed by atoms with Crippen molar-refractivity contribution in [3.05, 3.63) is 53.8 Å². The van der Waals surface area contributed by atoms with Crippen molar-refractivity contribution < 1.29 is 4.74 Å². The molecule has 2 heteroatoms. The summed E-state index contributed by atoms with van der Waals surface area (Å²) in [5.74, 6) is 0.924. The Morgan fingerprint density at radius 3 is 3.24 bits per heavy atom. The molecule has 0 bridgehead atoms. The first kappa shape index (κ1) is 8.99. The molecule has 4 rings (SSSR count). The van der Waals surface area contributed by atoms with Crippen molar-refractivity contribution in [1.29, 1.82) is 0 Å². The lowest BCUT2D eigenvalue weighted by atomic mass is 10.1. The van der Waals surface area contributed by atoms with Gasteiger partial charge in [-0.2, -0.15) is 0 Å². The van der Waals surface area contributed by atoms with Crippen LogP contribution in [0.3, 0.4) is 0 Å². The Balaban J connectivity index is 2.01. The second kappa shape index (κ2) is 3.20. The number of hydrogen-bond donors (Lipinski definition) is 0. The summed E-state index contributed by atoms with van der Waals surface area (Å²) in [5.41, 5.74) is 3.45. The average molecular weight is 221 g/mol. The zero-order valence-electron chi connectivity index (χ0n) is 9.26. The molecule has 1 aliphatic carbocycles. The number of allylic oxidation sites excluding steroid dienone is 2. The maximum atomic E-state index is 6.04. The van der Waals surface area contributed by atoms with Crippen LogP contribution in [0.1, 0.15) is 12.0 Å². The molecule has 0 saturated heterocycles. The first-order valence-electron chi connectivity index (χ1n) is 5.83. The van der Waals surface area contributed by atoms with Gasteiger partial charge in [0.15, 0.2) is 5.75 Å². The fourth-order valence-electron chi connectivity index (χ4n) is 2.25. The summed E-state index contributed by atoms with van der Waals surface area (Å²) in [5, 5.41) is 1.13. The monoisotopic (exact) mass is 221 g/mol. The molecule has 1 atom stereocenters. The van der Waals surface area contributed by atoms with Gasteiger partial charge in [0, 0.05) is 23.6 Å². The summed E-state index contributed by atoms with van der Waals surface area (Å²) < 4.78 is 6.04. The summed E-state index contributed by atoms with van der Waals surface area (Å²) in [6.45, 7) is 0. The van der Waals surface area contributed by atoms with Gasteiger partial charge in [0.2, 0.25) is 0 Å². The third kappa shape index (κ3) is 1.37. The molecule has 0 amide bonds. The van der Waals surface area contributed by atoms with Crippen molar-refractivity contribution >= 4 is 17.0 Å². The number of rotatable bonds is 0. The normalized spacial score (nSPS) is 22.6. The van der Waals surface area contributed by atoms with Crippen LogP contribution >= 0.6 is 0 Å². The van der Waals surface area contributed by atoms with E-state index in [1.165, 1.54) is 5.57 Å². The smallest absolute Gasteiger partial charge is 0.153 e. The predicted molar refractivity (Wildman–Crippen MR) is 67.9 cm³/mol. The van der Waals surface area contributed by atoms with Crippen LogP contribution in [-0.2, 0) is 0 Å². The first-order valence-corrected chi connectivity index (χ1v) is 5.83. The highest BCUT2D eigenvalue weighted by molar-refractivity contribution is 5.88. The minimum absolute atomic E-state index is 0.270. The Kier molecular flexibility index (Phi) is 1.69. The largest absolute Gasteiger partial charge is 0.483 e. The van der Waals surface area contributed by atoms with E-state index in [4.69, 9.17) is 4.74 Å². The van der Waals surface area contributed by atoms with E-state index in [-0.39, 0.29) is 6.10 Å². The quantitative estimate of drug-likeness (QED) is 0.680. The van der Waals surface area contributed by atoms with Gasteiger partial charge in [-0.3, -0.25) is 4.98 Å². The van der Waals surface area contributed by atoms with Crippen molar-refractivity contribution in [2.24, 2.45) is 0 Å². The molecule has 0 radical (unpaired) electrons. The Bertz CT molecular complexity index is 670. The minimum Gasteiger partial charge on any atom is -0.483 e. The standard InChI is InChI=1S/C15H11NO/c1-3-11-7-6-10-5-2-8-16-14(10)15(11)17-13-9-12(13)4-1/h1-8,13H,9H2/b3-1-,12-4?. The van der Waals surface area contributed by atoms with Crippen molar-refractivity contribution in [2.45, 2.75) is 12.5 Å². The maximum absolute atomic E-state index is 6.04. The van der Waals surface area contributed by atoms with Crippen LogP contribution in [0.5, 0.6) is 5.75 Å². The average Bonchev–Trinajstić information content (AvgIpc) is 3.06. The van der Waals surface area contributed by atoms with Gasteiger partial charge in [-0.1, -0.05) is 36.4 Å². The Hall–Kier alpha value is -2.09. The van der Waals surface area contributed by atoms with Crippen molar-refractivity contribution in [2.75, 3.05) is 0 Å². The highest BCUT2D eigenvalue weighted by Gasteiger charge is 2.33. The predicted octanol–water partition coefficient (Wildman–Crippen LogP) is 3.34. The highest BCUT2D eigenvalue weighted by atomic mass is 16.5. The first-order chi connectivity index (χ1) is 8.42. The number of nitrogens with zero attached hydrogens (tertiary/aromatic N) is 1. The molecule has 82 valence electrons. The van der Waals surface area contributed by atoms with E-state index in [1.54, 1.807) is 0 Å². The van der Waals surface area contributed by atoms with Gasteiger partial charge in [-0.05, 0) is 11.6 Å². The van der Waals surface area contributed by atoms with Gasteiger partial charge in [0.1, 0.15) is 11.6 Å². The van der Waals surface area contributed by atoms with Crippen LogP contribution in [0.25, 0.3) is 17.0 Å². The van der Waals surface area contributed by atoms with E-state index in [9.17, 15) is 0 Å². The molecule has 2 aromatic rings. The lowest BCUT2D eigenvalue weighted by molar-refractivity contribution is 0.316. The molecular formula is C15H11NO. The molecule has 0 spiro atoms. The van der Waals surface area contributed by atoms with Crippen molar-refractivity contribution in [3.8, 4) is 5.75 Å². The highest BCUT2D eigenvalue weighted by Crippen LogP contribution is 2.39. The lowest BCUT2D eigenvalue weighted by Crippen LogP contribution is -2.01. The SMILES string of the molecule is C1=C2CC2Oc2c(ccc3cccnc23)/C=C\1. The minimum atomic E-state index is 0.270. The van der Waals surface area contributed by atoms with E-state index in [2.05, 4.69) is 41.4 Å². The molecule has 1 unspecified atom stereocenters. The number of ether oxygens (including phenoxy) is 1. The summed E-state index contributed by atoms with van der Waals surface area (Å²) >= 11 is 0. The molecule has 1 aromatic heterocycles. The van der Waals surface area contributed by atoms with E-state index >= 15 is 0 Å². The Labute approximate surface area is 99.2 Å². The number of pyridine rings is 1. The molecule has 1 aliphatic heterocycles. The molecule has 2 heterocycles. The van der Waals surface area contributed by atoms with Gasteiger partial charge < -0.3 is 4.74 Å². The summed E-state index contributed by atoms with van der Waals surface area (Å²) in [6, 6.07) is 8.21. The number of hydrogen-bond acceptors (Lipinski definition) is 2. The van der Waals surface area contributed by atoms with Gasteiger partial charge >= 0.3 is 0 Å². The summed E-state index contributed by atoms with van der Waals surface area (Å²) in [4.78, 5) is 4.44. The molecule has 2 aliphatic rings. The molecule has 17 heavy (non-hydrogen) atoms. The lowest BCUT2D eigenvalue weighted by Gasteiger charge is -2.11. The topological polar surface area (TPSA) is 22.1 Å². The number of aromatic nitrogens is 1. The maximum Gasteiger partial charge on any atom is 0.153 e. The Morgan fingerprint density at radius 1 is 1.24 bits per heavy atom. The van der Waals surface area contributed by atoms with Gasteiger partial charge in [0.25, 0.3) is 0 Å². The van der Waals surface area contributed by atoms with Crippen molar-refractivity contribution in [3.63, 3.8) is 0 Å². The number of fused-ring (bicyclic) bond motifs is 4. The molecule has 2 nitrogen and oxygen atoms in total. The molecule has 0 N–H and O–H groups in total. The van der Waals surface area contributed by atoms with E-state index < -0.39 is 0 Å². The molecule has 1 aromatic carbocycles. The van der Waals surface area contributed by atoms with Crippen LogP contribution in [-0.4, -0.2) is 11.1 Å². The number of benzene rings is 1. The van der Waals surface area contributed by atoms with Crippen LogP contribution in [0, 0.1) is 0 Å². The third-order valence-electron chi connectivity index (χ3n) is 3.28. The zero-order chi connectivity index (χ0) is 11.2. The van der Waals surface area contributed by atoms with Crippen LogP contribution in [0.15, 0.2) is 48.2 Å². The molecular weight excluding hydrogens is 210 g/mol. The second-order valence-corrected chi connectivity index (χ2v) is 4.47. The summed E-state index contributed by atoms with van der Waals surface area (Å²) in [7, 11) is 0. The zero-order valence-corrected chi connectivity index (χ0v) is 9.26. The second-order valence-electron chi connectivity index (χ2n) is 4.47. The van der Waals surface area contributed by atoms with E-state index in [1.807, 2.05) is 12.3 Å². The fraction of sp³-hybridized carbons (Fsp3) is 0.133. The van der Waals surface area contributed by atoms with Crippen LogP contribution < -0.4 is 4.74 Å². The van der Waals surface area contributed by atoms with Crippen LogP contribution in [0.4, 0.5) is 0 Å². The van der Waals surface area contributed by atoms with E-state index in [0.29, 0.717) is 0 Å². The van der Waals surface area contributed by atoms with E-state index in [0.717, 1.165) is 28.6 Å². The van der Waals surface area contributed by atoms with Crippen LogP contribution in [0.2, 0.25) is 0 Å². The third-order valence-corrected chi connectivity index (χ3v) is 3.28. The molecule has 1 saturated carbocycles. The van der Waals surface area contributed by atoms with Crippen molar-refractivity contribution in [1.82, 2.24) is 4.98 Å².